The standard InChI is InChI=1S/C12H14BrN3O/c1-17-6-5-10-8-12(14)16(15-10)11-4-2-3-9(13)7-11/h2-4,7-8H,5-6,14H2,1H3. The van der Waals surface area contributed by atoms with Crippen LogP contribution < -0.4 is 5.73 Å². The van der Waals surface area contributed by atoms with E-state index in [1.54, 1.807) is 11.8 Å². The van der Waals surface area contributed by atoms with Crippen molar-refractivity contribution in [3.05, 3.63) is 40.5 Å². The van der Waals surface area contributed by atoms with Crippen molar-refractivity contribution in [3.63, 3.8) is 0 Å². The minimum atomic E-state index is 0.634. The number of aromatic nitrogens is 2. The molecule has 1 aromatic heterocycles. The smallest absolute Gasteiger partial charge is 0.127 e. The van der Waals surface area contributed by atoms with Crippen molar-refractivity contribution in [3.8, 4) is 5.69 Å². The topological polar surface area (TPSA) is 53.1 Å². The van der Waals surface area contributed by atoms with Crippen molar-refractivity contribution in [2.45, 2.75) is 6.42 Å². The van der Waals surface area contributed by atoms with Crippen molar-refractivity contribution in [2.24, 2.45) is 0 Å². The number of hydrogen-bond acceptors (Lipinski definition) is 3. The van der Waals surface area contributed by atoms with Gasteiger partial charge in [-0.2, -0.15) is 5.10 Å². The molecule has 0 saturated carbocycles. The molecule has 0 aliphatic carbocycles. The van der Waals surface area contributed by atoms with Gasteiger partial charge in [0.1, 0.15) is 5.82 Å². The number of hydrogen-bond donors (Lipinski definition) is 1. The van der Waals surface area contributed by atoms with E-state index in [-0.39, 0.29) is 0 Å². The van der Waals surface area contributed by atoms with E-state index < -0.39 is 0 Å². The van der Waals surface area contributed by atoms with Gasteiger partial charge in [0.2, 0.25) is 0 Å². The summed E-state index contributed by atoms with van der Waals surface area (Å²) in [6, 6.07) is 9.74. The highest BCUT2D eigenvalue weighted by atomic mass is 79.9. The van der Waals surface area contributed by atoms with Gasteiger partial charge in [0.15, 0.2) is 0 Å². The Hall–Kier alpha value is -1.33. The molecule has 0 spiro atoms. The molecule has 0 atom stereocenters. The molecule has 2 rings (SSSR count). The number of anilines is 1. The Morgan fingerprint density at radius 3 is 2.94 bits per heavy atom. The van der Waals surface area contributed by atoms with E-state index in [1.807, 2.05) is 30.3 Å². The number of methoxy groups -OCH3 is 1. The maximum atomic E-state index is 5.94. The van der Waals surface area contributed by atoms with Gasteiger partial charge >= 0.3 is 0 Å². The normalized spacial score (nSPS) is 10.7. The van der Waals surface area contributed by atoms with E-state index in [9.17, 15) is 0 Å². The molecule has 90 valence electrons. The van der Waals surface area contributed by atoms with Gasteiger partial charge in [-0.3, -0.25) is 0 Å². The highest BCUT2D eigenvalue weighted by Gasteiger charge is 2.06. The predicted molar refractivity (Wildman–Crippen MR) is 71.3 cm³/mol. The number of nitrogens with zero attached hydrogens (tertiary/aromatic N) is 2. The Labute approximate surface area is 109 Å². The third kappa shape index (κ3) is 2.87. The average Bonchev–Trinajstić information content (AvgIpc) is 2.68. The summed E-state index contributed by atoms with van der Waals surface area (Å²) in [6.45, 7) is 0.648. The van der Waals surface area contributed by atoms with Crippen molar-refractivity contribution in [1.29, 1.82) is 0 Å². The lowest BCUT2D eigenvalue weighted by molar-refractivity contribution is 0.201. The zero-order chi connectivity index (χ0) is 12.3. The molecule has 0 unspecified atom stereocenters. The van der Waals surface area contributed by atoms with Crippen LogP contribution in [0, 0.1) is 0 Å². The minimum Gasteiger partial charge on any atom is -0.384 e. The van der Waals surface area contributed by atoms with E-state index in [0.29, 0.717) is 12.4 Å². The molecule has 1 aromatic carbocycles. The summed E-state index contributed by atoms with van der Waals surface area (Å²) in [5.74, 6) is 0.634. The number of ether oxygens (including phenoxy) is 1. The molecule has 5 heteroatoms. The third-order valence-corrected chi connectivity index (χ3v) is 2.90. The number of benzene rings is 1. The summed E-state index contributed by atoms with van der Waals surface area (Å²) < 4.78 is 7.76. The number of nitrogen functional groups attached to an aromatic ring is 1. The lowest BCUT2D eigenvalue weighted by Gasteiger charge is -2.03. The number of halogens is 1. The van der Waals surface area contributed by atoms with Crippen LogP contribution in [0.25, 0.3) is 5.69 Å². The molecule has 0 saturated heterocycles. The summed E-state index contributed by atoms with van der Waals surface area (Å²) in [7, 11) is 1.68. The van der Waals surface area contributed by atoms with Crippen LogP contribution in [0.2, 0.25) is 0 Å². The molecule has 0 radical (unpaired) electrons. The summed E-state index contributed by atoms with van der Waals surface area (Å²) in [5.41, 5.74) is 7.82. The second kappa shape index (κ2) is 5.33. The van der Waals surface area contributed by atoms with E-state index >= 15 is 0 Å². The maximum absolute atomic E-state index is 5.94. The lowest BCUT2D eigenvalue weighted by atomic mass is 10.3. The van der Waals surface area contributed by atoms with E-state index in [4.69, 9.17) is 10.5 Å². The van der Waals surface area contributed by atoms with Gasteiger partial charge in [-0.25, -0.2) is 4.68 Å². The molecular weight excluding hydrogens is 282 g/mol. The Morgan fingerprint density at radius 2 is 2.24 bits per heavy atom. The molecule has 0 amide bonds. The highest BCUT2D eigenvalue weighted by Crippen LogP contribution is 2.18. The molecule has 0 aliphatic heterocycles. The fourth-order valence-corrected chi connectivity index (χ4v) is 1.98. The first-order chi connectivity index (χ1) is 8.20. The van der Waals surface area contributed by atoms with Crippen LogP contribution in [0.15, 0.2) is 34.8 Å². The highest BCUT2D eigenvalue weighted by molar-refractivity contribution is 9.10. The second-order valence-electron chi connectivity index (χ2n) is 3.70. The van der Waals surface area contributed by atoms with Crippen molar-refractivity contribution in [2.75, 3.05) is 19.5 Å². The first-order valence-electron chi connectivity index (χ1n) is 5.30. The van der Waals surface area contributed by atoms with Crippen molar-refractivity contribution in [1.82, 2.24) is 9.78 Å². The minimum absolute atomic E-state index is 0.634. The average molecular weight is 296 g/mol. The predicted octanol–water partition coefficient (Wildman–Crippen LogP) is 2.41. The lowest BCUT2D eigenvalue weighted by Crippen LogP contribution is -2.02. The molecule has 0 bridgehead atoms. The zero-order valence-electron chi connectivity index (χ0n) is 9.56. The van der Waals surface area contributed by atoms with Gasteiger partial charge < -0.3 is 10.5 Å². The van der Waals surface area contributed by atoms with Crippen LogP contribution in [0.4, 0.5) is 5.82 Å². The fourth-order valence-electron chi connectivity index (χ4n) is 1.59. The van der Waals surface area contributed by atoms with E-state index in [2.05, 4.69) is 21.0 Å². The van der Waals surface area contributed by atoms with Crippen LogP contribution in [-0.2, 0) is 11.2 Å². The first kappa shape index (κ1) is 12.1. The largest absolute Gasteiger partial charge is 0.384 e. The molecule has 1 heterocycles. The molecule has 2 N–H and O–H groups in total. The summed E-state index contributed by atoms with van der Waals surface area (Å²) in [4.78, 5) is 0. The molecule has 17 heavy (non-hydrogen) atoms. The molecule has 4 nitrogen and oxygen atoms in total. The van der Waals surface area contributed by atoms with Crippen LogP contribution >= 0.6 is 15.9 Å². The molecule has 0 aliphatic rings. The Balaban J connectivity index is 2.29. The summed E-state index contributed by atoms with van der Waals surface area (Å²) >= 11 is 3.43. The Bertz CT molecular complexity index is 510. The van der Waals surface area contributed by atoms with Gasteiger partial charge in [0, 0.05) is 24.1 Å². The summed E-state index contributed by atoms with van der Waals surface area (Å²) in [6.07, 6.45) is 0.766. The maximum Gasteiger partial charge on any atom is 0.127 e. The quantitative estimate of drug-likeness (QED) is 0.942. The van der Waals surface area contributed by atoms with Crippen molar-refractivity contribution < 1.29 is 4.74 Å². The zero-order valence-corrected chi connectivity index (χ0v) is 11.1. The fraction of sp³-hybridized carbons (Fsp3) is 0.250. The molecular formula is C12H14BrN3O. The number of rotatable bonds is 4. The van der Waals surface area contributed by atoms with E-state index in [0.717, 1.165) is 22.3 Å². The van der Waals surface area contributed by atoms with E-state index in [1.165, 1.54) is 0 Å². The van der Waals surface area contributed by atoms with Gasteiger partial charge in [-0.05, 0) is 18.2 Å². The third-order valence-electron chi connectivity index (χ3n) is 2.40. The van der Waals surface area contributed by atoms with Crippen LogP contribution in [-0.4, -0.2) is 23.5 Å². The SMILES string of the molecule is COCCc1cc(N)n(-c2cccc(Br)c2)n1. The molecule has 0 fully saturated rings. The monoisotopic (exact) mass is 295 g/mol. The number of nitrogens with two attached hydrogens (primary N) is 1. The van der Waals surface area contributed by atoms with Gasteiger partial charge in [0.05, 0.1) is 18.0 Å². The van der Waals surface area contributed by atoms with Gasteiger partial charge in [-0.1, -0.05) is 22.0 Å². The van der Waals surface area contributed by atoms with Crippen LogP contribution in [0.3, 0.4) is 0 Å². The summed E-state index contributed by atoms with van der Waals surface area (Å²) in [5, 5.41) is 4.45. The second-order valence-corrected chi connectivity index (χ2v) is 4.61. The van der Waals surface area contributed by atoms with Crippen molar-refractivity contribution >= 4 is 21.7 Å². The van der Waals surface area contributed by atoms with Gasteiger partial charge in [-0.15, -0.1) is 0 Å². The first-order valence-corrected chi connectivity index (χ1v) is 6.09. The van der Waals surface area contributed by atoms with Crippen LogP contribution in [0.1, 0.15) is 5.69 Å². The van der Waals surface area contributed by atoms with Gasteiger partial charge in [0.25, 0.3) is 0 Å². The Morgan fingerprint density at radius 1 is 1.41 bits per heavy atom. The molecule has 2 aromatic rings. The van der Waals surface area contributed by atoms with Crippen LogP contribution in [0.5, 0.6) is 0 Å². The Kier molecular flexibility index (Phi) is 3.81.